The van der Waals surface area contributed by atoms with Gasteiger partial charge in [-0.25, -0.2) is 17.6 Å². The van der Waals surface area contributed by atoms with Crippen molar-refractivity contribution in [2.45, 2.75) is 57.8 Å². The third-order valence-corrected chi connectivity index (χ3v) is 5.49. The van der Waals surface area contributed by atoms with E-state index in [4.69, 9.17) is 0 Å². The normalized spacial score (nSPS) is 20.7. The molecule has 0 unspecified atom stereocenters. The number of rotatable bonds is 3. The first-order valence-electron chi connectivity index (χ1n) is 8.85. The highest BCUT2D eigenvalue weighted by molar-refractivity contribution is 5.31. The summed E-state index contributed by atoms with van der Waals surface area (Å²) >= 11 is 0. The van der Waals surface area contributed by atoms with Crippen LogP contribution in [0.4, 0.5) is 17.6 Å². The van der Waals surface area contributed by atoms with Crippen molar-refractivity contribution in [3.63, 3.8) is 0 Å². The Morgan fingerprint density at radius 2 is 1.20 bits per heavy atom. The van der Waals surface area contributed by atoms with Crippen LogP contribution < -0.4 is 0 Å². The van der Waals surface area contributed by atoms with Gasteiger partial charge in [0.15, 0.2) is 23.3 Å². The predicted octanol–water partition coefficient (Wildman–Crippen LogP) is 6.56. The van der Waals surface area contributed by atoms with Crippen LogP contribution in [0.3, 0.4) is 0 Å². The first-order chi connectivity index (χ1) is 11.9. The van der Waals surface area contributed by atoms with E-state index in [2.05, 4.69) is 0 Å². The van der Waals surface area contributed by atoms with E-state index in [0.717, 1.165) is 0 Å². The highest BCUT2D eigenvalue weighted by atomic mass is 19.2. The average molecular weight is 350 g/mol. The number of benzene rings is 2. The van der Waals surface area contributed by atoms with Gasteiger partial charge in [0.2, 0.25) is 0 Å². The summed E-state index contributed by atoms with van der Waals surface area (Å²) in [6.45, 7) is 3.33. The Hall–Kier alpha value is -1.84. The second kappa shape index (κ2) is 7.19. The molecule has 0 nitrogen and oxygen atoms in total. The van der Waals surface area contributed by atoms with E-state index in [0.29, 0.717) is 54.4 Å². The Balaban J connectivity index is 1.77. The third-order valence-electron chi connectivity index (χ3n) is 5.49. The van der Waals surface area contributed by atoms with E-state index >= 15 is 0 Å². The molecule has 0 N–H and O–H groups in total. The monoisotopic (exact) mass is 350 g/mol. The van der Waals surface area contributed by atoms with Crippen molar-refractivity contribution in [3.05, 3.63) is 69.8 Å². The van der Waals surface area contributed by atoms with Crippen LogP contribution in [0.1, 0.15) is 66.7 Å². The van der Waals surface area contributed by atoms with E-state index in [1.807, 2.05) is 0 Å². The summed E-state index contributed by atoms with van der Waals surface area (Å²) in [7, 11) is 0. The topological polar surface area (TPSA) is 0 Å². The fourth-order valence-corrected chi connectivity index (χ4v) is 3.88. The second-order valence-electron chi connectivity index (χ2n) is 6.94. The molecule has 0 heterocycles. The summed E-state index contributed by atoms with van der Waals surface area (Å²) in [5, 5.41) is 0. The molecule has 0 bridgehead atoms. The van der Waals surface area contributed by atoms with Crippen LogP contribution in [-0.2, 0) is 6.42 Å². The van der Waals surface area contributed by atoms with Crippen LogP contribution in [0.25, 0.3) is 0 Å². The van der Waals surface area contributed by atoms with E-state index in [9.17, 15) is 17.6 Å². The van der Waals surface area contributed by atoms with Gasteiger partial charge in [0.05, 0.1) is 0 Å². The summed E-state index contributed by atoms with van der Waals surface area (Å²) in [6.07, 6.45) is 3.01. The standard InChI is InChI=1S/C21H22F4/c1-3-13-9-11-17(21(25)19(13)23)15-7-5-14(6-8-15)16-10-4-12(2)18(22)20(16)24/h4,9-11,14-15H,3,5-8H2,1-2H3. The SMILES string of the molecule is CCc1ccc(C2CCC(c3ccc(C)c(F)c3F)CC2)c(F)c1F. The molecule has 0 aliphatic heterocycles. The summed E-state index contributed by atoms with van der Waals surface area (Å²) in [5.41, 5.74) is 1.48. The lowest BCUT2D eigenvalue weighted by Crippen LogP contribution is -2.15. The molecule has 1 saturated carbocycles. The maximum atomic E-state index is 14.3. The van der Waals surface area contributed by atoms with Crippen molar-refractivity contribution < 1.29 is 17.6 Å². The summed E-state index contributed by atoms with van der Waals surface area (Å²) in [6, 6.07) is 6.57. The van der Waals surface area contributed by atoms with E-state index in [1.165, 1.54) is 6.92 Å². The van der Waals surface area contributed by atoms with E-state index < -0.39 is 23.3 Å². The molecule has 1 aliphatic carbocycles. The Morgan fingerprint density at radius 1 is 0.720 bits per heavy atom. The average Bonchev–Trinajstić information content (AvgIpc) is 2.62. The van der Waals surface area contributed by atoms with Gasteiger partial charge in [-0.15, -0.1) is 0 Å². The Morgan fingerprint density at radius 3 is 1.72 bits per heavy atom. The summed E-state index contributed by atoms with van der Waals surface area (Å²) in [4.78, 5) is 0. The smallest absolute Gasteiger partial charge is 0.162 e. The molecule has 2 aromatic carbocycles. The molecule has 0 spiro atoms. The predicted molar refractivity (Wildman–Crippen MR) is 90.8 cm³/mol. The quantitative estimate of drug-likeness (QED) is 0.550. The van der Waals surface area contributed by atoms with Crippen LogP contribution in [0.2, 0.25) is 0 Å². The van der Waals surface area contributed by atoms with Crippen molar-refractivity contribution in [1.82, 2.24) is 0 Å². The Labute approximate surface area is 145 Å². The van der Waals surface area contributed by atoms with Gasteiger partial charge in [-0.1, -0.05) is 31.2 Å². The minimum atomic E-state index is -0.789. The molecular weight excluding hydrogens is 328 g/mol. The molecule has 0 aromatic heterocycles. The zero-order chi connectivity index (χ0) is 18.1. The zero-order valence-corrected chi connectivity index (χ0v) is 14.5. The summed E-state index contributed by atoms with van der Waals surface area (Å²) < 4.78 is 56.3. The lowest BCUT2D eigenvalue weighted by molar-refractivity contribution is 0.369. The number of halogens is 4. The van der Waals surface area contributed by atoms with Crippen LogP contribution in [0.15, 0.2) is 24.3 Å². The molecule has 0 amide bonds. The van der Waals surface area contributed by atoms with Crippen molar-refractivity contribution in [1.29, 1.82) is 0 Å². The molecule has 1 aliphatic rings. The molecule has 134 valence electrons. The lowest BCUT2D eigenvalue weighted by atomic mass is 9.75. The van der Waals surface area contributed by atoms with Gasteiger partial charge in [-0.2, -0.15) is 0 Å². The first kappa shape index (κ1) is 18.0. The third kappa shape index (κ3) is 3.31. The molecule has 3 rings (SSSR count). The minimum absolute atomic E-state index is 0.0741. The van der Waals surface area contributed by atoms with Crippen molar-refractivity contribution >= 4 is 0 Å². The van der Waals surface area contributed by atoms with Crippen molar-refractivity contribution in [2.75, 3.05) is 0 Å². The van der Waals surface area contributed by atoms with Crippen molar-refractivity contribution in [2.24, 2.45) is 0 Å². The fraction of sp³-hybridized carbons (Fsp3) is 0.429. The van der Waals surface area contributed by atoms with Gasteiger partial charge >= 0.3 is 0 Å². The van der Waals surface area contributed by atoms with Gasteiger partial charge in [0, 0.05) is 0 Å². The van der Waals surface area contributed by atoms with Gasteiger partial charge in [0.1, 0.15) is 0 Å². The highest BCUT2D eigenvalue weighted by Crippen LogP contribution is 2.42. The molecule has 2 aromatic rings. The van der Waals surface area contributed by atoms with Crippen LogP contribution in [-0.4, -0.2) is 0 Å². The number of hydrogen-bond donors (Lipinski definition) is 0. The lowest BCUT2D eigenvalue weighted by Gasteiger charge is -2.30. The van der Waals surface area contributed by atoms with Gasteiger partial charge in [0.25, 0.3) is 0 Å². The van der Waals surface area contributed by atoms with Crippen LogP contribution >= 0.6 is 0 Å². The van der Waals surface area contributed by atoms with E-state index in [1.54, 1.807) is 31.2 Å². The second-order valence-corrected chi connectivity index (χ2v) is 6.94. The van der Waals surface area contributed by atoms with Gasteiger partial charge < -0.3 is 0 Å². The van der Waals surface area contributed by atoms with Crippen molar-refractivity contribution in [3.8, 4) is 0 Å². The molecule has 0 atom stereocenters. The molecule has 4 heteroatoms. The number of aryl methyl sites for hydroxylation is 2. The maximum Gasteiger partial charge on any atom is 0.162 e. The van der Waals surface area contributed by atoms with Gasteiger partial charge in [-0.3, -0.25) is 0 Å². The molecule has 0 radical (unpaired) electrons. The zero-order valence-electron chi connectivity index (χ0n) is 14.5. The Kier molecular flexibility index (Phi) is 5.16. The largest absolute Gasteiger partial charge is 0.203 e. The fourth-order valence-electron chi connectivity index (χ4n) is 3.88. The molecule has 0 saturated heterocycles. The molecule has 25 heavy (non-hydrogen) atoms. The van der Waals surface area contributed by atoms with Crippen LogP contribution in [0.5, 0.6) is 0 Å². The van der Waals surface area contributed by atoms with Gasteiger partial charge in [-0.05, 0) is 73.1 Å². The maximum absolute atomic E-state index is 14.3. The number of hydrogen-bond acceptors (Lipinski definition) is 0. The Bertz CT molecular complexity index is 774. The first-order valence-corrected chi connectivity index (χ1v) is 8.85. The van der Waals surface area contributed by atoms with E-state index in [-0.39, 0.29) is 11.8 Å². The minimum Gasteiger partial charge on any atom is -0.203 e. The summed E-state index contributed by atoms with van der Waals surface area (Å²) in [5.74, 6) is -3.22. The van der Waals surface area contributed by atoms with Crippen LogP contribution in [0, 0.1) is 30.2 Å². The molecule has 1 fully saturated rings. The molecular formula is C21H22F4. The highest BCUT2D eigenvalue weighted by Gasteiger charge is 2.29.